The molecular weight excluding hydrogens is 214 g/mol. The molecule has 0 amide bonds. The van der Waals surface area contributed by atoms with E-state index < -0.39 is 0 Å². The lowest BCUT2D eigenvalue weighted by molar-refractivity contribution is -0.131. The lowest BCUT2D eigenvalue weighted by atomic mass is 9.98. The predicted octanol–water partition coefficient (Wildman–Crippen LogP) is 2.07. The molecule has 1 fully saturated rings. The molecule has 1 aliphatic rings. The minimum absolute atomic E-state index is 0. The van der Waals surface area contributed by atoms with Gasteiger partial charge in [0.25, 0.3) is 0 Å². The normalized spacial score (nSPS) is 18.6. The summed E-state index contributed by atoms with van der Waals surface area (Å²) in [5.74, 6) is 0.333. The molecule has 0 spiro atoms. The highest BCUT2D eigenvalue weighted by Crippen LogP contribution is 2.24. The summed E-state index contributed by atoms with van der Waals surface area (Å²) in [4.78, 5) is 10.7. The van der Waals surface area contributed by atoms with Crippen molar-refractivity contribution in [1.82, 2.24) is 5.32 Å². The molecule has 1 atom stereocenters. The quantitative estimate of drug-likeness (QED) is 0.621. The molecule has 82 valence electrons. The Labute approximate surface area is 95.2 Å². The van der Waals surface area contributed by atoms with Gasteiger partial charge in [-0.3, -0.25) is 4.79 Å². The Kier molecular flexibility index (Phi) is 4.12. The lowest BCUT2D eigenvalue weighted by Crippen LogP contribution is -2.34. The number of benzene rings is 1. The molecule has 1 heterocycles. The topological polar surface area (TPSA) is 38.3 Å². The summed E-state index contributed by atoms with van der Waals surface area (Å²) in [7, 11) is 0. The minimum Gasteiger partial charge on any atom is -0.427 e. The lowest BCUT2D eigenvalue weighted by Gasteiger charge is -2.27. The van der Waals surface area contributed by atoms with Crippen molar-refractivity contribution in [3.8, 4) is 5.75 Å². The molecule has 1 aliphatic heterocycles. The van der Waals surface area contributed by atoms with Crippen molar-refractivity contribution in [2.45, 2.75) is 19.4 Å². The summed E-state index contributed by atoms with van der Waals surface area (Å²) in [6, 6.07) is 8.14. The first-order valence-electron chi connectivity index (χ1n) is 4.77. The van der Waals surface area contributed by atoms with Gasteiger partial charge in [0, 0.05) is 13.0 Å². The molecule has 0 aromatic heterocycles. The van der Waals surface area contributed by atoms with Crippen LogP contribution >= 0.6 is 12.4 Å². The van der Waals surface area contributed by atoms with Crippen LogP contribution < -0.4 is 10.1 Å². The first-order chi connectivity index (χ1) is 6.75. The molecular formula is C11H14ClNO2. The zero-order chi connectivity index (χ0) is 9.97. The second-order valence-electron chi connectivity index (χ2n) is 3.46. The van der Waals surface area contributed by atoms with Crippen LogP contribution in [0, 0.1) is 0 Å². The monoisotopic (exact) mass is 227 g/mol. The van der Waals surface area contributed by atoms with Gasteiger partial charge in [0.15, 0.2) is 0 Å². The molecule has 2 rings (SSSR count). The summed E-state index contributed by atoms with van der Waals surface area (Å²) in [5.41, 5.74) is 1.26. The second kappa shape index (κ2) is 5.14. The number of esters is 1. The van der Waals surface area contributed by atoms with Gasteiger partial charge in [-0.15, -0.1) is 12.4 Å². The van der Waals surface area contributed by atoms with E-state index in [2.05, 4.69) is 5.32 Å². The number of carbonyl (C=O) groups is 1. The van der Waals surface area contributed by atoms with Crippen LogP contribution in [0.15, 0.2) is 24.3 Å². The van der Waals surface area contributed by atoms with Crippen molar-refractivity contribution in [3.63, 3.8) is 0 Å². The molecule has 3 nitrogen and oxygen atoms in total. The van der Waals surface area contributed by atoms with Crippen molar-refractivity contribution < 1.29 is 9.53 Å². The third-order valence-electron chi connectivity index (χ3n) is 2.37. The summed E-state index contributed by atoms with van der Waals surface area (Å²) < 4.78 is 4.94. The maximum absolute atomic E-state index is 10.7. The van der Waals surface area contributed by atoms with Crippen molar-refractivity contribution in [2.24, 2.45) is 0 Å². The van der Waals surface area contributed by atoms with Crippen molar-refractivity contribution in [2.75, 3.05) is 6.54 Å². The fraction of sp³-hybridized carbons (Fsp3) is 0.364. The molecule has 4 heteroatoms. The molecule has 0 aliphatic carbocycles. The van der Waals surface area contributed by atoms with Crippen LogP contribution in [0.1, 0.15) is 24.9 Å². The van der Waals surface area contributed by atoms with Crippen LogP contribution in [0.4, 0.5) is 0 Å². The highest BCUT2D eigenvalue weighted by atomic mass is 35.5. The van der Waals surface area contributed by atoms with Gasteiger partial charge in [-0.05, 0) is 30.7 Å². The van der Waals surface area contributed by atoms with E-state index in [1.165, 1.54) is 18.9 Å². The zero-order valence-electron chi connectivity index (χ0n) is 8.53. The van der Waals surface area contributed by atoms with E-state index in [-0.39, 0.29) is 18.4 Å². The molecule has 0 radical (unpaired) electrons. The molecule has 1 saturated heterocycles. The summed E-state index contributed by atoms with van der Waals surface area (Å²) in [6.45, 7) is 2.50. The zero-order valence-corrected chi connectivity index (χ0v) is 9.34. The second-order valence-corrected chi connectivity index (χ2v) is 3.46. The Balaban J connectivity index is 0.00000112. The fourth-order valence-corrected chi connectivity index (χ4v) is 1.51. The van der Waals surface area contributed by atoms with E-state index in [0.717, 1.165) is 6.54 Å². The number of nitrogens with one attached hydrogen (secondary N) is 1. The van der Waals surface area contributed by atoms with Crippen molar-refractivity contribution in [1.29, 1.82) is 0 Å². The van der Waals surface area contributed by atoms with Gasteiger partial charge < -0.3 is 10.1 Å². The van der Waals surface area contributed by atoms with Crippen LogP contribution in [-0.2, 0) is 4.79 Å². The Bertz CT molecular complexity index is 333. The summed E-state index contributed by atoms with van der Waals surface area (Å²) in [6.07, 6.45) is 1.19. The molecule has 1 aromatic carbocycles. The Morgan fingerprint density at radius 2 is 2.00 bits per heavy atom. The van der Waals surface area contributed by atoms with Crippen LogP contribution in [0.2, 0.25) is 0 Å². The molecule has 1 N–H and O–H groups in total. The van der Waals surface area contributed by atoms with Gasteiger partial charge in [-0.25, -0.2) is 0 Å². The highest BCUT2D eigenvalue weighted by molar-refractivity contribution is 5.85. The van der Waals surface area contributed by atoms with E-state index in [1.54, 1.807) is 0 Å². The number of hydrogen-bond donors (Lipinski definition) is 1. The standard InChI is InChI=1S/C11H13NO2.ClH/c1-8(13)14-10-4-2-9(3-5-10)11-6-7-12-11;/h2-5,11-12H,6-7H2,1H3;1H/t11-;/m1./s1. The minimum atomic E-state index is -0.278. The highest BCUT2D eigenvalue weighted by Gasteiger charge is 2.17. The Morgan fingerprint density at radius 3 is 2.40 bits per heavy atom. The van der Waals surface area contributed by atoms with Gasteiger partial charge in [0.05, 0.1) is 0 Å². The van der Waals surface area contributed by atoms with Gasteiger partial charge in [-0.1, -0.05) is 12.1 Å². The third-order valence-corrected chi connectivity index (χ3v) is 2.37. The molecule has 15 heavy (non-hydrogen) atoms. The Hall–Kier alpha value is -1.06. The number of ether oxygens (including phenoxy) is 1. The molecule has 0 bridgehead atoms. The third kappa shape index (κ3) is 2.94. The average Bonchev–Trinajstić information content (AvgIpc) is 2.04. The predicted molar refractivity (Wildman–Crippen MR) is 60.4 cm³/mol. The van der Waals surface area contributed by atoms with E-state index in [9.17, 15) is 4.79 Å². The van der Waals surface area contributed by atoms with E-state index >= 15 is 0 Å². The first-order valence-corrected chi connectivity index (χ1v) is 4.77. The Morgan fingerprint density at radius 1 is 1.40 bits per heavy atom. The smallest absolute Gasteiger partial charge is 0.308 e. The van der Waals surface area contributed by atoms with Crippen LogP contribution in [-0.4, -0.2) is 12.5 Å². The average molecular weight is 228 g/mol. The maximum atomic E-state index is 10.7. The molecule has 0 unspecified atom stereocenters. The van der Waals surface area contributed by atoms with E-state index in [0.29, 0.717) is 11.8 Å². The van der Waals surface area contributed by atoms with Gasteiger partial charge in [0.2, 0.25) is 0 Å². The van der Waals surface area contributed by atoms with Crippen molar-refractivity contribution in [3.05, 3.63) is 29.8 Å². The van der Waals surface area contributed by atoms with E-state index in [1.807, 2.05) is 24.3 Å². The first kappa shape index (κ1) is 12.0. The number of rotatable bonds is 2. The molecule has 0 saturated carbocycles. The van der Waals surface area contributed by atoms with Gasteiger partial charge in [-0.2, -0.15) is 0 Å². The fourth-order valence-electron chi connectivity index (χ4n) is 1.51. The number of carbonyl (C=O) groups excluding carboxylic acids is 1. The summed E-state index contributed by atoms with van der Waals surface area (Å²) in [5, 5.41) is 3.31. The van der Waals surface area contributed by atoms with Crippen LogP contribution in [0.5, 0.6) is 5.75 Å². The number of halogens is 1. The van der Waals surface area contributed by atoms with E-state index in [4.69, 9.17) is 4.74 Å². The van der Waals surface area contributed by atoms with Crippen LogP contribution in [0.25, 0.3) is 0 Å². The summed E-state index contributed by atoms with van der Waals surface area (Å²) >= 11 is 0. The SMILES string of the molecule is CC(=O)Oc1ccc([C@H]2CCN2)cc1.Cl. The van der Waals surface area contributed by atoms with Gasteiger partial charge in [0.1, 0.15) is 5.75 Å². The van der Waals surface area contributed by atoms with Crippen molar-refractivity contribution >= 4 is 18.4 Å². The largest absolute Gasteiger partial charge is 0.427 e. The van der Waals surface area contributed by atoms with Crippen LogP contribution in [0.3, 0.4) is 0 Å². The van der Waals surface area contributed by atoms with Gasteiger partial charge >= 0.3 is 5.97 Å². The number of hydrogen-bond acceptors (Lipinski definition) is 3. The maximum Gasteiger partial charge on any atom is 0.308 e. The molecule has 1 aromatic rings.